The first-order valence-corrected chi connectivity index (χ1v) is 27.6. The highest BCUT2D eigenvalue weighted by molar-refractivity contribution is 6.37. The normalized spacial score (nSPS) is 20.6. The van der Waals surface area contributed by atoms with Crippen LogP contribution in [0.5, 0.6) is 34.5 Å². The van der Waals surface area contributed by atoms with Crippen LogP contribution < -0.4 is 30.2 Å². The topological polar surface area (TPSA) is 298 Å². The first-order valence-electron chi connectivity index (χ1n) is 26.5. The molecule has 24 nitrogen and oxygen atoms in total. The SMILES string of the molecule is C.COc1ccc2c(c1)C(=O)N(C[C@@]1(c3cc(Cl)c(O)c(Cl)c3)NC(=O)N(C)C1=O)C2.COc1ccc2c(c1)C(=O)N(C[C@@]1(c3ccc(O)c(Cl)c3)NC(=O)N(C)C1=O)C2.COc1ccc2c(c1)C(=O)N(C[C@@]1(c3ccc(O)cc3)NC(=O)N(C)C1=O)C2. The standard InChI is InChI=1S/C20H17Cl2N3O5.C20H18ClN3O5.C20H19N3O5.CH4/c1-24-18(28)20(23-19(24)29,11-5-14(21)16(26)15(22)6-11)9-25-8-10-3-4-12(30-2)7-13(10)17(25)27;1-23-18(27)20(22-19(23)28,12-4-6-16(25)15(21)7-12)10-24-9-11-3-5-13(29-2)8-14(11)17(24)26;1-22-18(26)20(21-19(22)27,13-4-6-14(24)7-5-13)11-23-10-12-3-8-15(28-2)9-16(12)17(23)25;/h3-7,26H,8-9H2,1-2H3,(H,23,29);3-8,25H,9-10H2,1-2H3,(H,22,28);3-9,24H,10-11H2,1-2H3,(H,21,27);1H4/t3*20-;/m000./s1. The second-order valence-corrected chi connectivity index (χ2v) is 22.4. The Morgan fingerprint density at radius 1 is 0.432 bits per heavy atom. The number of carbonyl (C=O) groups is 9. The van der Waals surface area contributed by atoms with Crippen molar-refractivity contribution in [2.75, 3.05) is 62.1 Å². The summed E-state index contributed by atoms with van der Waals surface area (Å²) in [4.78, 5) is 122. The van der Waals surface area contributed by atoms with Crippen molar-refractivity contribution in [3.8, 4) is 34.5 Å². The Kier molecular flexibility index (Phi) is 17.0. The Hall–Kier alpha value is -9.78. The number of nitrogens with zero attached hydrogens (tertiary/aromatic N) is 6. The first kappa shape index (κ1) is 62.7. The largest absolute Gasteiger partial charge is 0.508 e. The van der Waals surface area contributed by atoms with Crippen LogP contribution in [0.3, 0.4) is 0 Å². The molecule has 6 heterocycles. The van der Waals surface area contributed by atoms with Gasteiger partial charge in [0.2, 0.25) is 0 Å². The van der Waals surface area contributed by atoms with E-state index in [4.69, 9.17) is 49.0 Å². The second-order valence-electron chi connectivity index (χ2n) is 21.2. The third kappa shape index (κ3) is 10.8. The van der Waals surface area contributed by atoms with Gasteiger partial charge in [0.15, 0.2) is 22.4 Å². The lowest BCUT2D eigenvalue weighted by molar-refractivity contribution is -0.132. The number of aromatic hydroxyl groups is 3. The first-order chi connectivity index (χ1) is 41.3. The molecule has 0 aromatic heterocycles. The monoisotopic (exact) mass is 1260 g/mol. The molecule has 0 unspecified atom stereocenters. The molecule has 88 heavy (non-hydrogen) atoms. The Labute approximate surface area is 518 Å². The summed E-state index contributed by atoms with van der Waals surface area (Å²) in [6.45, 7) is 0.617. The van der Waals surface area contributed by atoms with Gasteiger partial charge in [-0.15, -0.1) is 0 Å². The van der Waals surface area contributed by atoms with Gasteiger partial charge in [0, 0.05) is 57.5 Å². The molecule has 27 heteroatoms. The van der Waals surface area contributed by atoms with Gasteiger partial charge in [0.05, 0.1) is 56.0 Å². The number of hydrogen-bond acceptors (Lipinski definition) is 15. The van der Waals surface area contributed by atoms with Crippen LogP contribution >= 0.6 is 34.8 Å². The van der Waals surface area contributed by atoms with Crippen molar-refractivity contribution in [3.63, 3.8) is 0 Å². The van der Waals surface area contributed by atoms with Gasteiger partial charge in [0.25, 0.3) is 35.4 Å². The number of benzene rings is 6. The molecule has 12 rings (SSSR count). The minimum atomic E-state index is -1.60. The van der Waals surface area contributed by atoms with Gasteiger partial charge < -0.3 is 60.2 Å². The quantitative estimate of drug-likeness (QED) is 0.0680. The summed E-state index contributed by atoms with van der Waals surface area (Å²) in [5.74, 6) is -1.08. The van der Waals surface area contributed by atoms with Crippen molar-refractivity contribution in [1.82, 2.24) is 45.3 Å². The zero-order chi connectivity index (χ0) is 62.8. The molecule has 6 aromatic rings. The minimum absolute atomic E-state index is 0. The van der Waals surface area contributed by atoms with Gasteiger partial charge >= 0.3 is 18.1 Å². The molecule has 0 aliphatic carbocycles. The van der Waals surface area contributed by atoms with Gasteiger partial charge in [-0.1, -0.05) is 78.6 Å². The molecule has 0 bridgehead atoms. The number of fused-ring (bicyclic) bond motifs is 3. The van der Waals surface area contributed by atoms with E-state index in [0.717, 1.165) is 31.4 Å². The van der Waals surface area contributed by atoms with E-state index in [-0.39, 0.29) is 89.2 Å². The van der Waals surface area contributed by atoms with Crippen LogP contribution in [0.4, 0.5) is 14.4 Å². The predicted molar refractivity (Wildman–Crippen MR) is 318 cm³/mol. The lowest BCUT2D eigenvalue weighted by Crippen LogP contribution is -2.52. The van der Waals surface area contributed by atoms with Crippen molar-refractivity contribution < 1.29 is 72.7 Å². The molecule has 0 radical (unpaired) electrons. The fraction of sp³-hybridized carbons (Fsp3) is 0.262. The van der Waals surface area contributed by atoms with Crippen LogP contribution in [0, 0.1) is 0 Å². The smallest absolute Gasteiger partial charge is 0.325 e. The summed E-state index contributed by atoms with van der Waals surface area (Å²) in [6, 6.07) is 27.0. The maximum Gasteiger partial charge on any atom is 0.325 e. The predicted octanol–water partition coefficient (Wildman–Crippen LogP) is 6.90. The molecule has 3 atom stereocenters. The van der Waals surface area contributed by atoms with Gasteiger partial charge in [-0.05, 0) is 106 Å². The van der Waals surface area contributed by atoms with Crippen LogP contribution in [-0.2, 0) is 50.6 Å². The molecule has 12 amide bonds. The molecule has 3 saturated heterocycles. The number of halogens is 3. The van der Waals surface area contributed by atoms with Gasteiger partial charge in [-0.2, -0.15) is 0 Å². The number of nitrogens with one attached hydrogen (secondary N) is 3. The van der Waals surface area contributed by atoms with E-state index < -0.39 is 52.4 Å². The Morgan fingerprint density at radius 3 is 1.07 bits per heavy atom. The Bertz CT molecular complexity index is 3920. The molecule has 6 N–H and O–H groups in total. The lowest BCUT2D eigenvalue weighted by Gasteiger charge is -2.32. The van der Waals surface area contributed by atoms with E-state index >= 15 is 0 Å². The van der Waals surface area contributed by atoms with Crippen molar-refractivity contribution in [2.24, 2.45) is 0 Å². The average molecular weight is 1260 g/mol. The van der Waals surface area contributed by atoms with Gasteiger partial charge in [-0.25, -0.2) is 14.4 Å². The van der Waals surface area contributed by atoms with Crippen LogP contribution in [0.1, 0.15) is 71.9 Å². The van der Waals surface area contributed by atoms with E-state index in [1.165, 1.54) is 99.6 Å². The summed E-state index contributed by atoms with van der Waals surface area (Å²) >= 11 is 18.2. The van der Waals surface area contributed by atoms with Gasteiger partial charge in [-0.3, -0.25) is 43.5 Å². The average Bonchev–Trinajstić information content (AvgIpc) is 1.68. The van der Waals surface area contributed by atoms with E-state index in [9.17, 15) is 58.5 Å². The molecule has 0 saturated carbocycles. The maximum absolute atomic E-state index is 13.1. The third-order valence-electron chi connectivity index (χ3n) is 16.1. The number of rotatable bonds is 12. The van der Waals surface area contributed by atoms with E-state index in [0.29, 0.717) is 58.2 Å². The number of carbonyl (C=O) groups excluding carboxylic acids is 9. The number of phenols is 3. The van der Waals surface area contributed by atoms with E-state index in [1.807, 2.05) is 6.07 Å². The number of amides is 12. The highest BCUT2D eigenvalue weighted by Crippen LogP contribution is 2.42. The van der Waals surface area contributed by atoms with Crippen LogP contribution in [0.25, 0.3) is 0 Å². The van der Waals surface area contributed by atoms with Crippen LogP contribution in [-0.4, -0.2) is 160 Å². The summed E-state index contributed by atoms with van der Waals surface area (Å²) in [5, 5.41) is 37.2. The highest BCUT2D eigenvalue weighted by Gasteiger charge is 2.56. The molecular formula is C61H58Cl3N9O15. The third-order valence-corrected chi connectivity index (χ3v) is 16.9. The molecule has 458 valence electrons. The number of phenolic OH excluding ortho intramolecular Hbond substituents is 3. The maximum atomic E-state index is 13.1. The van der Waals surface area contributed by atoms with Crippen molar-refractivity contribution in [2.45, 2.75) is 43.7 Å². The van der Waals surface area contributed by atoms with Crippen molar-refractivity contribution >= 4 is 88.3 Å². The van der Waals surface area contributed by atoms with Crippen molar-refractivity contribution in [3.05, 3.63) is 174 Å². The molecule has 6 aromatic carbocycles. The summed E-state index contributed by atoms with van der Waals surface area (Å²) in [5.41, 5.74) is 0.508. The fourth-order valence-corrected chi connectivity index (χ4v) is 11.9. The van der Waals surface area contributed by atoms with Crippen LogP contribution in [0.15, 0.2) is 109 Å². The van der Waals surface area contributed by atoms with Gasteiger partial charge in [0.1, 0.15) is 28.7 Å². The molecular weight excluding hydrogens is 1210 g/mol. The number of hydrogen-bond donors (Lipinski definition) is 6. The highest BCUT2D eigenvalue weighted by atomic mass is 35.5. The number of urea groups is 3. The van der Waals surface area contributed by atoms with Crippen LogP contribution in [0.2, 0.25) is 15.1 Å². The summed E-state index contributed by atoms with van der Waals surface area (Å²) in [6.07, 6.45) is 0. The zero-order valence-electron chi connectivity index (χ0n) is 47.2. The number of ether oxygens (including phenoxy) is 3. The molecule has 3 fully saturated rings. The fourth-order valence-electron chi connectivity index (χ4n) is 11.3. The van der Waals surface area contributed by atoms with E-state index in [1.54, 1.807) is 60.7 Å². The van der Waals surface area contributed by atoms with E-state index in [2.05, 4.69) is 16.0 Å². The van der Waals surface area contributed by atoms with Crippen molar-refractivity contribution in [1.29, 1.82) is 0 Å². The molecule has 0 spiro atoms. The number of imide groups is 3. The Balaban J connectivity index is 0.000000156. The zero-order valence-corrected chi connectivity index (χ0v) is 49.5. The number of methoxy groups -OCH3 is 3. The summed E-state index contributed by atoms with van der Waals surface area (Å²) in [7, 11) is 8.66. The molecule has 6 aliphatic rings. The number of likely N-dealkylation sites (N-methyl/N-ethyl adjacent to an activating group) is 3. The lowest BCUT2D eigenvalue weighted by atomic mass is 9.88. The molecule has 6 aliphatic heterocycles. The minimum Gasteiger partial charge on any atom is -0.508 e. The summed E-state index contributed by atoms with van der Waals surface area (Å²) < 4.78 is 15.6. The Morgan fingerprint density at radius 2 is 0.750 bits per heavy atom. The second kappa shape index (κ2) is 23.8.